The lowest BCUT2D eigenvalue weighted by atomic mass is 10.2. The number of hydrogen-bond acceptors (Lipinski definition) is 4. The van der Waals surface area contributed by atoms with Crippen LogP contribution in [-0.4, -0.2) is 29.9 Å². The maximum absolute atomic E-state index is 13.6. The summed E-state index contributed by atoms with van der Waals surface area (Å²) in [6.07, 6.45) is -0.509. The first kappa shape index (κ1) is 16.4. The molecule has 0 aromatic heterocycles. The Morgan fingerprint density at radius 3 is 2.82 bits per heavy atom. The van der Waals surface area contributed by atoms with Gasteiger partial charge < -0.3 is 15.4 Å². The molecule has 1 saturated heterocycles. The molecule has 1 heterocycles. The van der Waals surface area contributed by atoms with Gasteiger partial charge in [-0.3, -0.25) is 9.59 Å². The van der Waals surface area contributed by atoms with Gasteiger partial charge in [0.15, 0.2) is 6.10 Å². The van der Waals surface area contributed by atoms with Crippen molar-refractivity contribution >= 4 is 39.4 Å². The first-order chi connectivity index (χ1) is 10.4. The van der Waals surface area contributed by atoms with Crippen LogP contribution in [0.25, 0.3) is 0 Å². The number of carbonyl (C=O) groups excluding carboxylic acids is 3. The van der Waals surface area contributed by atoms with E-state index in [2.05, 4.69) is 26.6 Å². The first-order valence-corrected chi connectivity index (χ1v) is 7.42. The summed E-state index contributed by atoms with van der Waals surface area (Å²) in [5, 5.41) is 4.80. The molecule has 118 valence electrons. The summed E-state index contributed by atoms with van der Waals surface area (Å²) in [6, 6.07) is 3.44. The summed E-state index contributed by atoms with van der Waals surface area (Å²) >= 11 is 3.11. The summed E-state index contributed by atoms with van der Waals surface area (Å²) in [7, 11) is 0. The van der Waals surface area contributed by atoms with Crippen LogP contribution in [0.3, 0.4) is 0 Å². The predicted octanol–water partition coefficient (Wildman–Crippen LogP) is 1.74. The van der Waals surface area contributed by atoms with E-state index in [1.807, 2.05) is 0 Å². The normalized spacial score (nSPS) is 18.5. The number of amides is 2. The van der Waals surface area contributed by atoms with E-state index in [9.17, 15) is 18.8 Å². The Kier molecular flexibility index (Phi) is 5.12. The fourth-order valence-electron chi connectivity index (χ4n) is 1.93. The number of benzene rings is 1. The van der Waals surface area contributed by atoms with Gasteiger partial charge in [0.05, 0.1) is 5.69 Å². The second kappa shape index (κ2) is 6.87. The summed E-state index contributed by atoms with van der Waals surface area (Å²) in [6.45, 7) is 1.38. The molecule has 0 aliphatic carbocycles. The predicted molar refractivity (Wildman–Crippen MR) is 79.4 cm³/mol. The Balaban J connectivity index is 1.91. The lowest BCUT2D eigenvalue weighted by molar-refractivity contribution is -0.155. The van der Waals surface area contributed by atoms with Crippen LogP contribution in [-0.2, 0) is 19.1 Å². The number of nitrogens with one attached hydrogen (secondary N) is 2. The minimum Gasteiger partial charge on any atom is -0.451 e. The first-order valence-electron chi connectivity index (χ1n) is 6.62. The molecule has 2 N–H and O–H groups in total. The quantitative estimate of drug-likeness (QED) is 0.788. The van der Waals surface area contributed by atoms with Crippen LogP contribution in [0, 0.1) is 5.82 Å². The zero-order valence-corrected chi connectivity index (χ0v) is 13.3. The van der Waals surface area contributed by atoms with Gasteiger partial charge in [-0.25, -0.2) is 9.18 Å². The van der Waals surface area contributed by atoms with Gasteiger partial charge in [0, 0.05) is 10.9 Å². The average molecular weight is 373 g/mol. The van der Waals surface area contributed by atoms with Crippen LogP contribution in [0.1, 0.15) is 19.8 Å². The van der Waals surface area contributed by atoms with Crippen LogP contribution in [0.4, 0.5) is 10.1 Å². The topological polar surface area (TPSA) is 84.5 Å². The largest absolute Gasteiger partial charge is 0.451 e. The second-order valence-electron chi connectivity index (χ2n) is 4.85. The standard InChI is InChI=1S/C14H14BrFN2O4/c1-7(22-14(21)11-4-5-12(19)17-11)13(20)18-10-3-2-8(15)6-9(10)16/h2-3,6-7,11H,4-5H2,1H3,(H,17,19)(H,18,20)/t7-,11-/m0/s1. The fourth-order valence-corrected chi connectivity index (χ4v) is 2.26. The number of hydrogen-bond donors (Lipinski definition) is 2. The molecule has 1 aliphatic heterocycles. The number of anilines is 1. The molecule has 6 nitrogen and oxygen atoms in total. The van der Waals surface area contributed by atoms with Crippen LogP contribution in [0.5, 0.6) is 0 Å². The van der Waals surface area contributed by atoms with Crippen molar-refractivity contribution in [1.82, 2.24) is 5.32 Å². The third kappa shape index (κ3) is 4.03. The lowest BCUT2D eigenvalue weighted by Gasteiger charge is -2.16. The van der Waals surface area contributed by atoms with E-state index in [0.29, 0.717) is 10.9 Å². The Bertz CT molecular complexity index is 623. The SMILES string of the molecule is C[C@H](OC(=O)[C@@H]1CCC(=O)N1)C(=O)Nc1ccc(Br)cc1F. The Labute approximate surface area is 134 Å². The van der Waals surface area contributed by atoms with Gasteiger partial charge in [0.2, 0.25) is 5.91 Å². The molecule has 0 radical (unpaired) electrons. The maximum Gasteiger partial charge on any atom is 0.329 e. The van der Waals surface area contributed by atoms with Crippen LogP contribution >= 0.6 is 15.9 Å². The van der Waals surface area contributed by atoms with Gasteiger partial charge >= 0.3 is 5.97 Å². The average Bonchev–Trinajstić information content (AvgIpc) is 2.88. The van der Waals surface area contributed by atoms with Crippen molar-refractivity contribution in [1.29, 1.82) is 0 Å². The molecule has 2 atom stereocenters. The fraction of sp³-hybridized carbons (Fsp3) is 0.357. The second-order valence-corrected chi connectivity index (χ2v) is 5.77. The van der Waals surface area contributed by atoms with Crippen LogP contribution < -0.4 is 10.6 Å². The third-order valence-corrected chi connectivity index (χ3v) is 3.62. The minimum absolute atomic E-state index is 0.00901. The molecule has 0 unspecified atom stereocenters. The molecule has 1 aromatic rings. The molecular formula is C14H14BrFN2O4. The van der Waals surface area contributed by atoms with E-state index >= 15 is 0 Å². The highest BCUT2D eigenvalue weighted by Gasteiger charge is 2.30. The van der Waals surface area contributed by atoms with Gasteiger partial charge in [-0.1, -0.05) is 15.9 Å². The number of rotatable bonds is 4. The summed E-state index contributed by atoms with van der Waals surface area (Å²) < 4.78 is 19.1. The highest BCUT2D eigenvalue weighted by atomic mass is 79.9. The van der Waals surface area contributed by atoms with Gasteiger partial charge in [0.25, 0.3) is 5.91 Å². The van der Waals surface area contributed by atoms with Gasteiger partial charge in [-0.2, -0.15) is 0 Å². The summed E-state index contributed by atoms with van der Waals surface area (Å²) in [4.78, 5) is 34.7. The Morgan fingerprint density at radius 2 is 2.23 bits per heavy atom. The number of ether oxygens (including phenoxy) is 1. The molecular weight excluding hydrogens is 359 g/mol. The van der Waals surface area contributed by atoms with Crippen LogP contribution in [0.2, 0.25) is 0 Å². The highest BCUT2D eigenvalue weighted by molar-refractivity contribution is 9.10. The monoisotopic (exact) mass is 372 g/mol. The zero-order chi connectivity index (χ0) is 16.3. The summed E-state index contributed by atoms with van der Waals surface area (Å²) in [5.41, 5.74) is -0.00901. The molecule has 8 heteroatoms. The molecule has 2 rings (SSSR count). The molecule has 0 bridgehead atoms. The van der Waals surface area contributed by atoms with E-state index in [1.54, 1.807) is 6.07 Å². The highest BCUT2D eigenvalue weighted by Crippen LogP contribution is 2.19. The summed E-state index contributed by atoms with van der Waals surface area (Å²) in [5.74, 6) is -2.16. The molecule has 22 heavy (non-hydrogen) atoms. The smallest absolute Gasteiger partial charge is 0.329 e. The number of esters is 1. The Morgan fingerprint density at radius 1 is 1.50 bits per heavy atom. The molecule has 2 amide bonds. The Hall–Kier alpha value is -1.96. The van der Waals surface area contributed by atoms with E-state index in [0.717, 1.165) is 0 Å². The third-order valence-electron chi connectivity index (χ3n) is 3.13. The number of carbonyl (C=O) groups is 3. The van der Waals surface area contributed by atoms with Crippen molar-refractivity contribution in [3.63, 3.8) is 0 Å². The van der Waals surface area contributed by atoms with Gasteiger partial charge in [-0.05, 0) is 31.5 Å². The lowest BCUT2D eigenvalue weighted by Crippen LogP contribution is -2.39. The van der Waals surface area contributed by atoms with Gasteiger partial charge in [0.1, 0.15) is 11.9 Å². The van der Waals surface area contributed by atoms with Crippen molar-refractivity contribution < 1.29 is 23.5 Å². The van der Waals surface area contributed by atoms with E-state index in [1.165, 1.54) is 19.1 Å². The molecule has 1 aromatic carbocycles. The maximum atomic E-state index is 13.6. The molecule has 1 fully saturated rings. The number of halogens is 2. The van der Waals surface area contributed by atoms with Crippen molar-refractivity contribution in [3.05, 3.63) is 28.5 Å². The van der Waals surface area contributed by atoms with Crippen LogP contribution in [0.15, 0.2) is 22.7 Å². The van der Waals surface area contributed by atoms with Crippen molar-refractivity contribution in [3.8, 4) is 0 Å². The van der Waals surface area contributed by atoms with Crippen molar-refractivity contribution in [2.75, 3.05) is 5.32 Å². The minimum atomic E-state index is -1.10. The van der Waals surface area contributed by atoms with Crippen molar-refractivity contribution in [2.24, 2.45) is 0 Å². The molecule has 0 saturated carbocycles. The zero-order valence-electron chi connectivity index (χ0n) is 11.7. The van der Waals surface area contributed by atoms with E-state index in [4.69, 9.17) is 4.74 Å². The van der Waals surface area contributed by atoms with Crippen molar-refractivity contribution in [2.45, 2.75) is 31.9 Å². The van der Waals surface area contributed by atoms with Gasteiger partial charge in [-0.15, -0.1) is 0 Å². The van der Waals surface area contributed by atoms with E-state index < -0.39 is 29.8 Å². The molecule has 1 aliphatic rings. The van der Waals surface area contributed by atoms with E-state index in [-0.39, 0.29) is 18.0 Å². The molecule has 0 spiro atoms.